The lowest BCUT2D eigenvalue weighted by Crippen LogP contribution is -2.68. The molecular formula is C22H33NO3. The molecule has 11 atom stereocenters. The molecule has 6 rings (SSSR count). The van der Waals surface area contributed by atoms with Crippen LogP contribution in [0.2, 0.25) is 0 Å². The van der Waals surface area contributed by atoms with Gasteiger partial charge in [-0.15, -0.1) is 0 Å². The maximum atomic E-state index is 11.5. The van der Waals surface area contributed by atoms with E-state index >= 15 is 0 Å². The molecule has 144 valence electrons. The van der Waals surface area contributed by atoms with Crippen molar-refractivity contribution in [2.75, 3.05) is 13.1 Å². The minimum absolute atomic E-state index is 0.0547. The quantitative estimate of drug-likeness (QED) is 0.625. The molecule has 1 heterocycles. The Labute approximate surface area is 156 Å². The summed E-state index contributed by atoms with van der Waals surface area (Å²) in [6, 6.07) is 0.373. The lowest BCUT2D eigenvalue weighted by Gasteiger charge is -2.65. The van der Waals surface area contributed by atoms with E-state index in [0.29, 0.717) is 17.9 Å². The molecule has 0 aromatic carbocycles. The Morgan fingerprint density at radius 3 is 2.69 bits per heavy atom. The molecule has 0 radical (unpaired) electrons. The minimum Gasteiger partial charge on any atom is -0.392 e. The second kappa shape index (κ2) is 4.59. The van der Waals surface area contributed by atoms with Gasteiger partial charge in [-0.3, -0.25) is 4.90 Å². The molecule has 26 heavy (non-hydrogen) atoms. The highest BCUT2D eigenvalue weighted by Crippen LogP contribution is 2.83. The van der Waals surface area contributed by atoms with Gasteiger partial charge in [0.25, 0.3) is 0 Å². The number of piperidine rings is 1. The maximum absolute atomic E-state index is 11.5. The van der Waals surface area contributed by atoms with Crippen molar-refractivity contribution in [2.45, 2.75) is 70.3 Å². The molecule has 0 aromatic heterocycles. The Hall–Kier alpha value is -0.420. The van der Waals surface area contributed by atoms with Crippen molar-refractivity contribution >= 4 is 0 Å². The van der Waals surface area contributed by atoms with Gasteiger partial charge in [-0.05, 0) is 67.4 Å². The van der Waals surface area contributed by atoms with Crippen LogP contribution in [0.3, 0.4) is 0 Å². The fraction of sp³-hybridized carbons (Fsp3) is 0.909. The van der Waals surface area contributed by atoms with Crippen LogP contribution in [-0.2, 0) is 0 Å². The van der Waals surface area contributed by atoms with E-state index in [0.717, 1.165) is 50.8 Å². The van der Waals surface area contributed by atoms with Gasteiger partial charge in [0.15, 0.2) is 0 Å². The Balaban J connectivity index is 1.61. The first-order valence-corrected chi connectivity index (χ1v) is 10.8. The number of aliphatic hydroxyl groups excluding tert-OH is 3. The van der Waals surface area contributed by atoms with Crippen LogP contribution in [-0.4, -0.2) is 57.7 Å². The van der Waals surface area contributed by atoms with Gasteiger partial charge < -0.3 is 15.3 Å². The van der Waals surface area contributed by atoms with Gasteiger partial charge in [-0.25, -0.2) is 0 Å². The third kappa shape index (κ3) is 1.37. The smallest absolute Gasteiger partial charge is 0.0813 e. The van der Waals surface area contributed by atoms with Crippen molar-refractivity contribution in [1.82, 2.24) is 4.90 Å². The third-order valence-corrected chi connectivity index (χ3v) is 10.6. The zero-order chi connectivity index (χ0) is 18.2. The second-order valence-corrected chi connectivity index (χ2v) is 10.9. The number of aliphatic hydroxyl groups is 3. The van der Waals surface area contributed by atoms with Gasteiger partial charge in [0.2, 0.25) is 0 Å². The lowest BCUT2D eigenvalue weighted by molar-refractivity contribution is -0.218. The number of hydrogen-bond donors (Lipinski definition) is 3. The highest BCUT2D eigenvalue weighted by atomic mass is 16.3. The van der Waals surface area contributed by atoms with Gasteiger partial charge in [0.1, 0.15) is 0 Å². The van der Waals surface area contributed by atoms with Crippen molar-refractivity contribution in [3.8, 4) is 0 Å². The largest absolute Gasteiger partial charge is 0.392 e. The standard InChI is InChI=1S/C22H33NO3/c1-4-23-10-20(3)6-5-17(25)22-15(20)7-13(18(22)23)21-9-12(11(2)19(21)26)14(24)8-16(21)22/h12-19,24-26H,2,4-10H2,1,3H3/t12-,13?,14?,15-,16-,17?,18?,19?,20+,21+,22+/m1/s1. The van der Waals surface area contributed by atoms with E-state index in [2.05, 4.69) is 25.3 Å². The normalized spacial score (nSPS) is 65.5. The number of fused-ring (bicyclic) bond motifs is 1. The van der Waals surface area contributed by atoms with Crippen LogP contribution in [0, 0.1) is 39.9 Å². The summed E-state index contributed by atoms with van der Waals surface area (Å²) >= 11 is 0. The van der Waals surface area contributed by atoms with Crippen molar-refractivity contribution < 1.29 is 15.3 Å². The van der Waals surface area contributed by atoms with Crippen molar-refractivity contribution in [3.63, 3.8) is 0 Å². The number of hydrogen-bond acceptors (Lipinski definition) is 4. The van der Waals surface area contributed by atoms with Gasteiger partial charge in [-0.2, -0.15) is 0 Å². The number of rotatable bonds is 1. The molecule has 0 aromatic rings. The maximum Gasteiger partial charge on any atom is 0.0813 e. The molecule has 6 fully saturated rings. The Morgan fingerprint density at radius 1 is 1.19 bits per heavy atom. The van der Waals surface area contributed by atoms with Crippen LogP contribution < -0.4 is 0 Å². The fourth-order valence-corrected chi connectivity index (χ4v) is 9.97. The Morgan fingerprint density at radius 2 is 1.96 bits per heavy atom. The van der Waals surface area contributed by atoms with E-state index in [-0.39, 0.29) is 34.2 Å². The lowest BCUT2D eigenvalue weighted by atomic mass is 9.43. The molecular weight excluding hydrogens is 326 g/mol. The summed E-state index contributed by atoms with van der Waals surface area (Å²) in [5.41, 5.74) is 0.849. The predicted molar refractivity (Wildman–Crippen MR) is 98.2 cm³/mol. The van der Waals surface area contributed by atoms with Crippen molar-refractivity contribution in [3.05, 3.63) is 12.2 Å². The van der Waals surface area contributed by atoms with Crippen LogP contribution >= 0.6 is 0 Å². The summed E-state index contributed by atoms with van der Waals surface area (Å²) in [4.78, 5) is 2.65. The van der Waals surface area contributed by atoms with Crippen LogP contribution in [0.5, 0.6) is 0 Å². The summed E-state index contributed by atoms with van der Waals surface area (Å²) in [5.74, 6) is 1.26. The molecule has 1 saturated heterocycles. The van der Waals surface area contributed by atoms with Crippen LogP contribution in [0.1, 0.15) is 46.0 Å². The van der Waals surface area contributed by atoms with E-state index in [9.17, 15) is 15.3 Å². The minimum atomic E-state index is -0.500. The molecule has 4 nitrogen and oxygen atoms in total. The van der Waals surface area contributed by atoms with Gasteiger partial charge in [0.05, 0.1) is 18.3 Å². The van der Waals surface area contributed by atoms with Crippen molar-refractivity contribution in [1.29, 1.82) is 0 Å². The third-order valence-electron chi connectivity index (χ3n) is 10.6. The second-order valence-electron chi connectivity index (χ2n) is 10.9. The molecule has 5 saturated carbocycles. The monoisotopic (exact) mass is 359 g/mol. The van der Waals surface area contributed by atoms with E-state index in [1.807, 2.05) is 0 Å². The molecule has 3 N–H and O–H groups in total. The molecule has 5 unspecified atom stereocenters. The SMILES string of the molecule is C=C1C(O)[C@]23C[C@H]1C(O)C[C@H]2[C@@]12C(O)CC[C@@]4(C)CN(CC)C1C3C[C@H]42. The Kier molecular flexibility index (Phi) is 2.92. The van der Waals surface area contributed by atoms with Crippen LogP contribution in [0.15, 0.2) is 12.2 Å². The summed E-state index contributed by atoms with van der Waals surface area (Å²) < 4.78 is 0. The molecule has 4 heteroatoms. The molecule has 2 spiro atoms. The van der Waals surface area contributed by atoms with Crippen molar-refractivity contribution in [2.24, 2.45) is 39.9 Å². The summed E-state index contributed by atoms with van der Waals surface area (Å²) in [6.45, 7) is 11.1. The highest BCUT2D eigenvalue weighted by Gasteiger charge is 2.85. The first kappa shape index (κ1) is 16.5. The molecule has 7 bridgehead atoms. The Bertz CT molecular complexity index is 695. The predicted octanol–water partition coefficient (Wildman–Crippen LogP) is 1.79. The summed E-state index contributed by atoms with van der Waals surface area (Å²) in [5, 5.41) is 33.8. The first-order chi connectivity index (χ1) is 12.3. The molecule has 0 amide bonds. The summed E-state index contributed by atoms with van der Waals surface area (Å²) in [7, 11) is 0. The molecule has 5 aliphatic carbocycles. The average Bonchev–Trinajstić information content (AvgIpc) is 3.14. The van der Waals surface area contributed by atoms with E-state index in [4.69, 9.17) is 0 Å². The zero-order valence-electron chi connectivity index (χ0n) is 16.1. The zero-order valence-corrected chi connectivity index (χ0v) is 16.1. The number of nitrogens with zero attached hydrogens (tertiary/aromatic N) is 1. The van der Waals surface area contributed by atoms with Gasteiger partial charge in [0, 0.05) is 29.3 Å². The van der Waals surface area contributed by atoms with Gasteiger partial charge >= 0.3 is 0 Å². The summed E-state index contributed by atoms with van der Waals surface area (Å²) in [6.07, 6.45) is 3.58. The number of likely N-dealkylation sites (tertiary alicyclic amines) is 1. The van der Waals surface area contributed by atoms with Crippen LogP contribution in [0.25, 0.3) is 0 Å². The topological polar surface area (TPSA) is 63.9 Å². The first-order valence-electron chi connectivity index (χ1n) is 10.8. The van der Waals surface area contributed by atoms with Gasteiger partial charge in [-0.1, -0.05) is 20.4 Å². The van der Waals surface area contributed by atoms with E-state index in [1.165, 1.54) is 0 Å². The van der Waals surface area contributed by atoms with E-state index in [1.54, 1.807) is 0 Å². The van der Waals surface area contributed by atoms with E-state index < -0.39 is 12.2 Å². The average molecular weight is 360 g/mol. The fourth-order valence-electron chi connectivity index (χ4n) is 9.97. The van der Waals surface area contributed by atoms with Crippen LogP contribution in [0.4, 0.5) is 0 Å². The highest BCUT2D eigenvalue weighted by molar-refractivity contribution is 5.39. The molecule has 1 aliphatic heterocycles. The molecule has 6 aliphatic rings.